The van der Waals surface area contributed by atoms with Crippen LogP contribution in [0.25, 0.3) is 0 Å². The molecule has 0 radical (unpaired) electrons. The number of hydrogen-bond acceptors (Lipinski definition) is 3. The minimum absolute atomic E-state index is 0.212. The standard InChI is InChI=1S/C13H21BrN2O/c1-9-5-6-16(10(2)7-9)11(8-15)12-3-4-13(14)17-12/h3-4,9-11H,5-8,15H2,1-2H3. The first-order chi connectivity index (χ1) is 8.11. The van der Waals surface area contributed by atoms with Gasteiger partial charge in [0.15, 0.2) is 4.67 Å². The van der Waals surface area contributed by atoms with Crippen molar-refractivity contribution in [1.82, 2.24) is 4.90 Å². The Labute approximate surface area is 111 Å². The van der Waals surface area contributed by atoms with E-state index in [1.807, 2.05) is 12.1 Å². The van der Waals surface area contributed by atoms with Crippen LogP contribution in [0.5, 0.6) is 0 Å². The Morgan fingerprint density at radius 2 is 2.29 bits per heavy atom. The van der Waals surface area contributed by atoms with Gasteiger partial charge in [-0.3, -0.25) is 4.90 Å². The summed E-state index contributed by atoms with van der Waals surface area (Å²) in [6.07, 6.45) is 2.50. The number of nitrogens with two attached hydrogens (primary N) is 1. The van der Waals surface area contributed by atoms with E-state index in [4.69, 9.17) is 10.2 Å². The molecule has 1 aromatic heterocycles. The van der Waals surface area contributed by atoms with Crippen molar-refractivity contribution >= 4 is 15.9 Å². The number of rotatable bonds is 3. The maximum absolute atomic E-state index is 5.92. The van der Waals surface area contributed by atoms with Gasteiger partial charge in [-0.15, -0.1) is 0 Å². The van der Waals surface area contributed by atoms with Gasteiger partial charge in [-0.25, -0.2) is 0 Å². The fourth-order valence-corrected chi connectivity index (χ4v) is 3.13. The lowest BCUT2D eigenvalue weighted by molar-refractivity contribution is 0.0738. The van der Waals surface area contributed by atoms with Crippen LogP contribution in [-0.4, -0.2) is 24.0 Å². The quantitative estimate of drug-likeness (QED) is 0.932. The molecule has 3 nitrogen and oxygen atoms in total. The summed E-state index contributed by atoms with van der Waals surface area (Å²) in [5.74, 6) is 1.80. The zero-order valence-electron chi connectivity index (χ0n) is 10.5. The van der Waals surface area contributed by atoms with Crippen molar-refractivity contribution in [3.8, 4) is 0 Å². The average Bonchev–Trinajstić information content (AvgIpc) is 2.69. The number of furan rings is 1. The SMILES string of the molecule is CC1CCN(C(CN)c2ccc(Br)o2)C(C)C1. The average molecular weight is 301 g/mol. The Morgan fingerprint density at radius 3 is 2.82 bits per heavy atom. The van der Waals surface area contributed by atoms with Gasteiger partial charge in [0.25, 0.3) is 0 Å². The highest BCUT2D eigenvalue weighted by molar-refractivity contribution is 9.10. The van der Waals surface area contributed by atoms with E-state index in [9.17, 15) is 0 Å². The Morgan fingerprint density at radius 1 is 1.53 bits per heavy atom. The van der Waals surface area contributed by atoms with Gasteiger partial charge in [0.1, 0.15) is 5.76 Å². The molecule has 2 N–H and O–H groups in total. The van der Waals surface area contributed by atoms with Gasteiger partial charge in [0.05, 0.1) is 6.04 Å². The summed E-state index contributed by atoms with van der Waals surface area (Å²) in [7, 11) is 0. The molecule has 1 fully saturated rings. The first-order valence-electron chi connectivity index (χ1n) is 6.33. The van der Waals surface area contributed by atoms with E-state index in [2.05, 4.69) is 34.7 Å². The lowest BCUT2D eigenvalue weighted by atomic mass is 9.91. The van der Waals surface area contributed by atoms with E-state index < -0.39 is 0 Å². The van der Waals surface area contributed by atoms with Gasteiger partial charge >= 0.3 is 0 Å². The van der Waals surface area contributed by atoms with E-state index in [1.54, 1.807) is 0 Å². The van der Waals surface area contributed by atoms with Crippen molar-refractivity contribution < 1.29 is 4.42 Å². The minimum atomic E-state index is 0.212. The van der Waals surface area contributed by atoms with Crippen LogP contribution < -0.4 is 5.73 Å². The fraction of sp³-hybridized carbons (Fsp3) is 0.692. The molecule has 2 heterocycles. The second-order valence-corrected chi connectivity index (χ2v) is 5.89. The van der Waals surface area contributed by atoms with Gasteiger partial charge in [0.2, 0.25) is 0 Å². The molecule has 0 aliphatic carbocycles. The summed E-state index contributed by atoms with van der Waals surface area (Å²) in [6, 6.07) is 4.75. The molecule has 17 heavy (non-hydrogen) atoms. The van der Waals surface area contributed by atoms with Crippen LogP contribution in [0, 0.1) is 5.92 Å². The van der Waals surface area contributed by atoms with E-state index in [-0.39, 0.29) is 6.04 Å². The molecular weight excluding hydrogens is 280 g/mol. The maximum atomic E-state index is 5.92. The molecule has 3 atom stereocenters. The normalized spacial score (nSPS) is 28.2. The minimum Gasteiger partial charge on any atom is -0.453 e. The smallest absolute Gasteiger partial charge is 0.169 e. The second-order valence-electron chi connectivity index (χ2n) is 5.11. The van der Waals surface area contributed by atoms with E-state index in [0.29, 0.717) is 12.6 Å². The third-order valence-corrected chi connectivity index (χ3v) is 4.16. The molecular formula is C13H21BrN2O. The van der Waals surface area contributed by atoms with Gasteiger partial charge < -0.3 is 10.2 Å². The molecule has 0 spiro atoms. The fourth-order valence-electron chi connectivity index (χ4n) is 2.81. The Hall–Kier alpha value is -0.320. The zero-order valence-corrected chi connectivity index (χ0v) is 12.1. The monoisotopic (exact) mass is 300 g/mol. The molecule has 0 aromatic carbocycles. The topological polar surface area (TPSA) is 42.4 Å². The van der Waals surface area contributed by atoms with Crippen LogP contribution in [0.4, 0.5) is 0 Å². The van der Waals surface area contributed by atoms with Crippen molar-refractivity contribution in [3.63, 3.8) is 0 Å². The number of halogens is 1. The third kappa shape index (κ3) is 2.92. The Bertz CT molecular complexity index is 366. The predicted molar refractivity (Wildman–Crippen MR) is 72.8 cm³/mol. The highest BCUT2D eigenvalue weighted by atomic mass is 79.9. The molecule has 1 aliphatic heterocycles. The molecule has 0 saturated carbocycles. The predicted octanol–water partition coefficient (Wildman–Crippen LogP) is 3.16. The molecule has 0 amide bonds. The Balaban J connectivity index is 2.13. The lowest BCUT2D eigenvalue weighted by Crippen LogP contribution is -2.44. The largest absolute Gasteiger partial charge is 0.453 e. The van der Waals surface area contributed by atoms with Crippen molar-refractivity contribution in [1.29, 1.82) is 0 Å². The summed E-state index contributed by atoms with van der Waals surface area (Å²) in [5.41, 5.74) is 5.92. The van der Waals surface area contributed by atoms with Crippen LogP contribution in [0.1, 0.15) is 38.5 Å². The first-order valence-corrected chi connectivity index (χ1v) is 7.12. The van der Waals surface area contributed by atoms with Gasteiger partial charge in [-0.1, -0.05) is 6.92 Å². The van der Waals surface area contributed by atoms with Gasteiger partial charge in [0, 0.05) is 12.6 Å². The second kappa shape index (κ2) is 5.55. The molecule has 0 bridgehead atoms. The van der Waals surface area contributed by atoms with Crippen LogP contribution in [0.15, 0.2) is 21.2 Å². The highest BCUT2D eigenvalue weighted by Crippen LogP contribution is 2.31. The van der Waals surface area contributed by atoms with Crippen molar-refractivity contribution in [2.45, 2.75) is 38.8 Å². The molecule has 1 aromatic rings. The van der Waals surface area contributed by atoms with Crippen LogP contribution in [0.2, 0.25) is 0 Å². The van der Waals surface area contributed by atoms with Crippen molar-refractivity contribution in [2.75, 3.05) is 13.1 Å². The van der Waals surface area contributed by atoms with Gasteiger partial charge in [-0.05, 0) is 60.3 Å². The van der Waals surface area contributed by atoms with Crippen molar-refractivity contribution in [2.24, 2.45) is 11.7 Å². The number of piperidine rings is 1. The summed E-state index contributed by atoms with van der Waals surface area (Å²) in [5, 5.41) is 0. The lowest BCUT2D eigenvalue weighted by Gasteiger charge is -2.40. The molecule has 4 heteroatoms. The summed E-state index contributed by atoms with van der Waals surface area (Å²) in [4.78, 5) is 2.48. The van der Waals surface area contributed by atoms with E-state index in [1.165, 1.54) is 12.8 Å². The molecule has 1 aliphatic rings. The third-order valence-electron chi connectivity index (χ3n) is 3.74. The van der Waals surface area contributed by atoms with Gasteiger partial charge in [-0.2, -0.15) is 0 Å². The zero-order chi connectivity index (χ0) is 12.4. The maximum Gasteiger partial charge on any atom is 0.169 e. The summed E-state index contributed by atoms with van der Waals surface area (Å²) in [6.45, 7) is 6.34. The van der Waals surface area contributed by atoms with E-state index >= 15 is 0 Å². The molecule has 2 rings (SSSR count). The summed E-state index contributed by atoms with van der Waals surface area (Å²) >= 11 is 3.35. The molecule has 3 unspecified atom stereocenters. The number of likely N-dealkylation sites (tertiary alicyclic amines) is 1. The van der Waals surface area contributed by atoms with Crippen LogP contribution >= 0.6 is 15.9 Å². The number of nitrogens with zero attached hydrogens (tertiary/aromatic N) is 1. The van der Waals surface area contributed by atoms with Crippen molar-refractivity contribution in [3.05, 3.63) is 22.6 Å². The Kier molecular flexibility index (Phi) is 4.28. The van der Waals surface area contributed by atoms with E-state index in [0.717, 1.165) is 22.9 Å². The number of hydrogen-bond donors (Lipinski definition) is 1. The highest BCUT2D eigenvalue weighted by Gasteiger charge is 2.30. The van der Waals surface area contributed by atoms with Crippen LogP contribution in [0.3, 0.4) is 0 Å². The molecule has 1 saturated heterocycles. The first kappa shape index (κ1) is 13.1. The molecule has 96 valence electrons. The van der Waals surface area contributed by atoms with Crippen LogP contribution in [-0.2, 0) is 0 Å². The summed E-state index contributed by atoms with van der Waals surface area (Å²) < 4.78 is 6.44.